The minimum atomic E-state index is -3.57. The molecule has 8 heteroatoms. The summed E-state index contributed by atoms with van der Waals surface area (Å²) in [4.78, 5) is 17.1. The molecule has 0 unspecified atom stereocenters. The first-order valence-corrected chi connectivity index (χ1v) is 11.4. The molecule has 1 aromatic heterocycles. The van der Waals surface area contributed by atoms with E-state index >= 15 is 0 Å². The molecule has 0 fully saturated rings. The van der Waals surface area contributed by atoms with Crippen molar-refractivity contribution in [2.75, 3.05) is 14.1 Å². The standard InChI is InChI=1S/C21H23N3O3S2/c1-15-7-6-9-16(11-15)21-23-18(14-28-21)12-20(25)22-13-17-8-4-5-10-19(17)29(26,27)24(2)3/h4-11,14H,12-13H2,1-3H3,(H,22,25). The molecule has 0 saturated heterocycles. The Labute approximate surface area is 175 Å². The third-order valence-electron chi connectivity index (χ3n) is 4.37. The molecular weight excluding hydrogens is 406 g/mol. The summed E-state index contributed by atoms with van der Waals surface area (Å²) in [7, 11) is -0.604. The van der Waals surface area contributed by atoms with Crippen LogP contribution in [0, 0.1) is 6.92 Å². The molecule has 152 valence electrons. The fourth-order valence-corrected chi connectivity index (χ4v) is 4.75. The zero-order valence-electron chi connectivity index (χ0n) is 16.5. The van der Waals surface area contributed by atoms with E-state index in [0.717, 1.165) is 20.4 Å². The monoisotopic (exact) mass is 429 g/mol. The Hall–Kier alpha value is -2.55. The van der Waals surface area contributed by atoms with Crippen molar-refractivity contribution < 1.29 is 13.2 Å². The summed E-state index contributed by atoms with van der Waals surface area (Å²) >= 11 is 1.50. The van der Waals surface area contributed by atoms with Gasteiger partial charge in [0.25, 0.3) is 0 Å². The molecule has 1 N–H and O–H groups in total. The van der Waals surface area contributed by atoms with Gasteiger partial charge in [-0.3, -0.25) is 4.79 Å². The molecule has 0 radical (unpaired) electrons. The number of nitrogens with zero attached hydrogens (tertiary/aromatic N) is 2. The van der Waals surface area contributed by atoms with E-state index < -0.39 is 10.0 Å². The van der Waals surface area contributed by atoms with E-state index in [4.69, 9.17) is 0 Å². The second-order valence-corrected chi connectivity index (χ2v) is 9.84. The molecule has 2 aromatic carbocycles. The van der Waals surface area contributed by atoms with Crippen LogP contribution in [0.2, 0.25) is 0 Å². The Kier molecular flexibility index (Phi) is 6.46. The molecule has 0 aliphatic carbocycles. The molecule has 0 saturated carbocycles. The third-order valence-corrected chi connectivity index (χ3v) is 7.22. The van der Waals surface area contributed by atoms with Crippen LogP contribution in [-0.4, -0.2) is 37.7 Å². The van der Waals surface area contributed by atoms with Gasteiger partial charge in [0.15, 0.2) is 0 Å². The fourth-order valence-electron chi connectivity index (χ4n) is 2.82. The molecule has 0 aliphatic heterocycles. The zero-order chi connectivity index (χ0) is 21.0. The summed E-state index contributed by atoms with van der Waals surface area (Å²) in [6.45, 7) is 2.16. The summed E-state index contributed by atoms with van der Waals surface area (Å²) in [5, 5.41) is 5.55. The first-order chi connectivity index (χ1) is 13.8. The van der Waals surface area contributed by atoms with Crippen molar-refractivity contribution in [3.05, 3.63) is 70.7 Å². The topological polar surface area (TPSA) is 79.4 Å². The van der Waals surface area contributed by atoms with Crippen LogP contribution in [0.4, 0.5) is 0 Å². The smallest absolute Gasteiger partial charge is 0.242 e. The summed E-state index contributed by atoms with van der Waals surface area (Å²) in [5.74, 6) is -0.205. The minimum Gasteiger partial charge on any atom is -0.352 e. The molecule has 0 aliphatic rings. The number of rotatable bonds is 7. The number of hydrogen-bond acceptors (Lipinski definition) is 5. The second kappa shape index (κ2) is 8.86. The Morgan fingerprint density at radius 1 is 1.14 bits per heavy atom. The third kappa shape index (κ3) is 5.09. The van der Waals surface area contributed by atoms with Crippen molar-refractivity contribution >= 4 is 27.3 Å². The molecule has 0 atom stereocenters. The van der Waals surface area contributed by atoms with E-state index in [0.29, 0.717) is 11.3 Å². The summed E-state index contributed by atoms with van der Waals surface area (Å²) < 4.78 is 26.1. The van der Waals surface area contributed by atoms with Crippen LogP contribution in [0.1, 0.15) is 16.8 Å². The number of benzene rings is 2. The Balaban J connectivity index is 1.66. The lowest BCUT2D eigenvalue weighted by Crippen LogP contribution is -2.28. The highest BCUT2D eigenvalue weighted by Gasteiger charge is 2.21. The van der Waals surface area contributed by atoms with Gasteiger partial charge in [0.05, 0.1) is 17.0 Å². The van der Waals surface area contributed by atoms with Gasteiger partial charge in [0, 0.05) is 31.6 Å². The van der Waals surface area contributed by atoms with Gasteiger partial charge in [0.1, 0.15) is 5.01 Å². The molecule has 3 aromatic rings. The quantitative estimate of drug-likeness (QED) is 0.625. The number of aryl methyl sites for hydroxylation is 1. The van der Waals surface area contributed by atoms with Crippen molar-refractivity contribution in [2.45, 2.75) is 24.8 Å². The minimum absolute atomic E-state index is 0.136. The first-order valence-electron chi connectivity index (χ1n) is 9.06. The Morgan fingerprint density at radius 2 is 1.90 bits per heavy atom. The number of hydrogen-bond donors (Lipinski definition) is 1. The SMILES string of the molecule is Cc1cccc(-c2nc(CC(=O)NCc3ccccc3S(=O)(=O)N(C)C)cs2)c1. The van der Waals surface area contributed by atoms with Crippen LogP contribution < -0.4 is 5.32 Å². The van der Waals surface area contributed by atoms with Crippen LogP contribution in [-0.2, 0) is 27.8 Å². The summed E-state index contributed by atoms with van der Waals surface area (Å²) in [5.41, 5.74) is 3.43. The van der Waals surface area contributed by atoms with E-state index in [1.165, 1.54) is 25.4 Å². The van der Waals surface area contributed by atoms with Gasteiger partial charge >= 0.3 is 0 Å². The van der Waals surface area contributed by atoms with Gasteiger partial charge in [-0.15, -0.1) is 11.3 Å². The molecule has 1 heterocycles. The van der Waals surface area contributed by atoms with Crippen molar-refractivity contribution in [3.63, 3.8) is 0 Å². The van der Waals surface area contributed by atoms with Crippen LogP contribution in [0.15, 0.2) is 58.8 Å². The summed E-state index contributed by atoms with van der Waals surface area (Å²) in [6.07, 6.45) is 0.144. The van der Waals surface area contributed by atoms with E-state index in [1.54, 1.807) is 24.3 Å². The van der Waals surface area contributed by atoms with Gasteiger partial charge in [-0.25, -0.2) is 17.7 Å². The number of carbonyl (C=O) groups excluding carboxylic acids is 1. The van der Waals surface area contributed by atoms with Crippen LogP contribution >= 0.6 is 11.3 Å². The largest absolute Gasteiger partial charge is 0.352 e. The average molecular weight is 430 g/mol. The van der Waals surface area contributed by atoms with Gasteiger partial charge in [0.2, 0.25) is 15.9 Å². The number of thiazole rings is 1. The molecular formula is C21H23N3O3S2. The summed E-state index contributed by atoms with van der Waals surface area (Å²) in [6, 6.07) is 14.7. The predicted molar refractivity (Wildman–Crippen MR) is 115 cm³/mol. The van der Waals surface area contributed by atoms with Crippen LogP contribution in [0.25, 0.3) is 10.6 Å². The normalized spacial score (nSPS) is 11.6. The lowest BCUT2D eigenvalue weighted by molar-refractivity contribution is -0.120. The maximum Gasteiger partial charge on any atom is 0.242 e. The predicted octanol–water partition coefficient (Wildman–Crippen LogP) is 3.23. The lowest BCUT2D eigenvalue weighted by atomic mass is 10.1. The van der Waals surface area contributed by atoms with Crippen LogP contribution in [0.5, 0.6) is 0 Å². The highest BCUT2D eigenvalue weighted by Crippen LogP contribution is 2.24. The zero-order valence-corrected chi connectivity index (χ0v) is 18.2. The van der Waals surface area contributed by atoms with E-state index in [2.05, 4.69) is 16.4 Å². The molecule has 3 rings (SSSR count). The maximum atomic E-state index is 12.5. The van der Waals surface area contributed by atoms with E-state index in [-0.39, 0.29) is 23.8 Å². The molecule has 0 spiro atoms. The highest BCUT2D eigenvalue weighted by molar-refractivity contribution is 7.89. The highest BCUT2D eigenvalue weighted by atomic mass is 32.2. The van der Waals surface area contributed by atoms with Gasteiger partial charge < -0.3 is 5.32 Å². The number of aromatic nitrogens is 1. The molecule has 6 nitrogen and oxygen atoms in total. The van der Waals surface area contributed by atoms with Crippen molar-refractivity contribution in [1.82, 2.24) is 14.6 Å². The number of amides is 1. The fraction of sp³-hybridized carbons (Fsp3) is 0.238. The molecule has 1 amide bonds. The van der Waals surface area contributed by atoms with Crippen LogP contribution in [0.3, 0.4) is 0 Å². The number of nitrogens with one attached hydrogen (secondary N) is 1. The molecule has 0 bridgehead atoms. The van der Waals surface area contributed by atoms with Crippen molar-refractivity contribution in [1.29, 1.82) is 0 Å². The lowest BCUT2D eigenvalue weighted by Gasteiger charge is -2.15. The first kappa shape index (κ1) is 21.2. The second-order valence-electron chi connectivity index (χ2n) is 6.86. The average Bonchev–Trinajstić information content (AvgIpc) is 3.15. The van der Waals surface area contributed by atoms with E-state index in [9.17, 15) is 13.2 Å². The maximum absolute atomic E-state index is 12.5. The Bertz CT molecular complexity index is 1120. The van der Waals surface area contributed by atoms with Gasteiger partial charge in [-0.1, -0.05) is 42.0 Å². The number of carbonyl (C=O) groups is 1. The number of sulfonamides is 1. The molecule has 29 heavy (non-hydrogen) atoms. The van der Waals surface area contributed by atoms with E-state index in [1.807, 2.05) is 30.5 Å². The van der Waals surface area contributed by atoms with Crippen molar-refractivity contribution in [2.24, 2.45) is 0 Å². The van der Waals surface area contributed by atoms with Gasteiger partial charge in [-0.2, -0.15) is 0 Å². The van der Waals surface area contributed by atoms with Crippen molar-refractivity contribution in [3.8, 4) is 10.6 Å². The van der Waals surface area contributed by atoms with Gasteiger partial charge in [-0.05, 0) is 24.6 Å². The Morgan fingerprint density at radius 3 is 2.62 bits per heavy atom.